The highest BCUT2D eigenvalue weighted by Gasteiger charge is 2.23. The summed E-state index contributed by atoms with van der Waals surface area (Å²) < 4.78 is 29.1. The van der Waals surface area contributed by atoms with Gasteiger partial charge in [-0.05, 0) is 18.2 Å². The molecule has 10 nitrogen and oxygen atoms in total. The van der Waals surface area contributed by atoms with Crippen LogP contribution in [0.1, 0.15) is 0 Å². The summed E-state index contributed by atoms with van der Waals surface area (Å²) in [4.78, 5) is 18.5. The van der Waals surface area contributed by atoms with E-state index < -0.39 is 10.9 Å². The summed E-state index contributed by atoms with van der Waals surface area (Å²) in [6, 6.07) is 5.57. The average Bonchev–Trinajstić information content (AvgIpc) is 3.20. The lowest BCUT2D eigenvalue weighted by molar-refractivity contribution is 0.394. The van der Waals surface area contributed by atoms with E-state index in [2.05, 4.69) is 15.0 Å². The van der Waals surface area contributed by atoms with Crippen molar-refractivity contribution in [3.63, 3.8) is 0 Å². The number of hydrogen-bond acceptors (Lipinski definition) is 8. The van der Waals surface area contributed by atoms with Gasteiger partial charge in [-0.1, -0.05) is 0 Å². The number of piperazine rings is 1. The minimum atomic E-state index is -2.55. The monoisotopic (exact) mass is 415 g/mol. The molecule has 0 atom stereocenters. The van der Waals surface area contributed by atoms with Gasteiger partial charge < -0.3 is 20.4 Å². The van der Waals surface area contributed by atoms with Crippen LogP contribution in [0, 0.1) is 0 Å². The third kappa shape index (κ3) is 3.87. The fourth-order valence-electron chi connectivity index (χ4n) is 3.26. The Kier molecular flexibility index (Phi) is 5.32. The zero-order valence-electron chi connectivity index (χ0n) is 15.8. The molecule has 0 spiro atoms. The lowest BCUT2D eigenvalue weighted by Gasteiger charge is -2.31. The second-order valence-electron chi connectivity index (χ2n) is 6.51. The number of nitrogens with two attached hydrogens (primary N) is 1. The van der Waals surface area contributed by atoms with Gasteiger partial charge in [0.2, 0.25) is 16.8 Å². The molecule has 0 unspecified atom stereocenters. The summed E-state index contributed by atoms with van der Waals surface area (Å²) in [5.41, 5.74) is 9.05. The van der Waals surface area contributed by atoms with Gasteiger partial charge in [-0.25, -0.2) is 22.7 Å². The van der Waals surface area contributed by atoms with Crippen molar-refractivity contribution in [3.8, 4) is 28.3 Å². The van der Waals surface area contributed by atoms with Crippen LogP contribution < -0.4 is 15.4 Å². The first-order valence-corrected chi connectivity index (χ1v) is 10.1. The Bertz CT molecular complexity index is 1070. The van der Waals surface area contributed by atoms with E-state index in [9.17, 15) is 8.42 Å². The molecule has 0 aromatic carbocycles. The van der Waals surface area contributed by atoms with Gasteiger partial charge in [-0.2, -0.15) is 0 Å². The van der Waals surface area contributed by atoms with Crippen LogP contribution in [0.2, 0.25) is 0 Å². The van der Waals surface area contributed by atoms with Gasteiger partial charge >= 0.3 is 0 Å². The molecule has 0 aliphatic carbocycles. The highest BCUT2D eigenvalue weighted by Crippen LogP contribution is 2.34. The first kappa shape index (κ1) is 19.2. The first-order valence-electron chi connectivity index (χ1n) is 9.01. The number of ether oxygens (including phenoxy) is 1. The zero-order valence-corrected chi connectivity index (χ0v) is 16.7. The maximum absolute atomic E-state index is 11.2. The van der Waals surface area contributed by atoms with Gasteiger partial charge in [0.05, 0.1) is 18.5 Å². The Morgan fingerprint density at radius 1 is 1.14 bits per heavy atom. The molecule has 1 saturated heterocycles. The number of nitrogen functional groups attached to an aromatic ring is 1. The Balaban J connectivity index is 1.74. The standard InChI is InChI=1S/C18H21N7O3S/c1-28-14-10-13(11-21-17(14)19)16-15(12-2-4-20-5-3-12)22-18(23-16)24-6-8-25(9-7-24)29(26)27/h2-5,10-11,29H,6-9H2,1H3,(H2,19,21)(H,22,23). The van der Waals surface area contributed by atoms with E-state index in [0.29, 0.717) is 43.7 Å². The summed E-state index contributed by atoms with van der Waals surface area (Å²) in [7, 11) is -1.01. The largest absolute Gasteiger partial charge is 0.493 e. The van der Waals surface area contributed by atoms with Crippen molar-refractivity contribution in [1.29, 1.82) is 0 Å². The number of thiol groups is 1. The van der Waals surface area contributed by atoms with Gasteiger partial charge in [0.15, 0.2) is 11.6 Å². The molecule has 1 fully saturated rings. The predicted molar refractivity (Wildman–Crippen MR) is 110 cm³/mol. The summed E-state index contributed by atoms with van der Waals surface area (Å²) >= 11 is 0. The van der Waals surface area contributed by atoms with E-state index in [0.717, 1.165) is 22.5 Å². The number of anilines is 2. The van der Waals surface area contributed by atoms with Gasteiger partial charge in [0.25, 0.3) is 0 Å². The van der Waals surface area contributed by atoms with Gasteiger partial charge in [-0.15, -0.1) is 0 Å². The molecule has 11 heteroatoms. The zero-order chi connectivity index (χ0) is 20.4. The topological polar surface area (TPSA) is 130 Å². The number of H-pyrrole nitrogens is 1. The van der Waals surface area contributed by atoms with Gasteiger partial charge in [-0.3, -0.25) is 4.98 Å². The molecule has 29 heavy (non-hydrogen) atoms. The second-order valence-corrected chi connectivity index (χ2v) is 7.55. The molecule has 4 heterocycles. The van der Waals surface area contributed by atoms with E-state index in [1.54, 1.807) is 25.7 Å². The van der Waals surface area contributed by atoms with Crippen LogP contribution in [0.15, 0.2) is 36.8 Å². The number of nitrogens with one attached hydrogen (secondary N) is 1. The first-order chi connectivity index (χ1) is 14.1. The average molecular weight is 415 g/mol. The Morgan fingerprint density at radius 3 is 2.52 bits per heavy atom. The summed E-state index contributed by atoms with van der Waals surface area (Å²) in [5, 5.41) is 0. The number of nitrogens with zero attached hydrogens (tertiary/aromatic N) is 5. The number of aromatic nitrogens is 4. The van der Waals surface area contributed by atoms with Crippen molar-refractivity contribution in [2.24, 2.45) is 0 Å². The Morgan fingerprint density at radius 2 is 1.86 bits per heavy atom. The number of pyridine rings is 2. The quantitative estimate of drug-likeness (QED) is 0.521. The molecule has 3 aromatic rings. The molecule has 0 radical (unpaired) electrons. The lowest BCUT2D eigenvalue weighted by atomic mass is 10.1. The van der Waals surface area contributed by atoms with E-state index >= 15 is 0 Å². The molecule has 1 aliphatic heterocycles. The lowest BCUT2D eigenvalue weighted by Crippen LogP contribution is -2.46. The molecule has 0 saturated carbocycles. The number of aromatic amines is 1. The summed E-state index contributed by atoms with van der Waals surface area (Å²) in [6.45, 7) is 1.96. The van der Waals surface area contributed by atoms with Crippen molar-refractivity contribution in [3.05, 3.63) is 36.8 Å². The second kappa shape index (κ2) is 8.05. The predicted octanol–water partition coefficient (Wildman–Crippen LogP) is 0.773. The number of methoxy groups -OCH3 is 1. The van der Waals surface area contributed by atoms with Crippen LogP contribution in [0.25, 0.3) is 22.5 Å². The molecule has 4 rings (SSSR count). The molecule has 0 amide bonds. The van der Waals surface area contributed by atoms with Crippen molar-refractivity contribution < 1.29 is 13.2 Å². The third-order valence-corrected chi connectivity index (χ3v) is 5.68. The Labute approximate surface area is 169 Å². The molecule has 3 N–H and O–H groups in total. The number of hydrogen-bond donors (Lipinski definition) is 3. The maximum atomic E-state index is 11.2. The normalized spacial score (nSPS) is 15.0. The minimum Gasteiger partial charge on any atom is -0.493 e. The number of imidazole rings is 1. The fourth-order valence-corrected chi connectivity index (χ4v) is 3.77. The van der Waals surface area contributed by atoms with Crippen LogP contribution in [0.4, 0.5) is 11.8 Å². The van der Waals surface area contributed by atoms with Crippen LogP contribution in [0.5, 0.6) is 5.75 Å². The van der Waals surface area contributed by atoms with Crippen molar-refractivity contribution >= 4 is 22.7 Å². The summed E-state index contributed by atoms with van der Waals surface area (Å²) in [5.74, 6) is 1.46. The molecular weight excluding hydrogens is 394 g/mol. The van der Waals surface area contributed by atoms with Crippen LogP contribution >= 0.6 is 0 Å². The van der Waals surface area contributed by atoms with Crippen LogP contribution in [-0.2, 0) is 10.9 Å². The highest BCUT2D eigenvalue weighted by molar-refractivity contribution is 7.69. The third-order valence-electron chi connectivity index (χ3n) is 4.82. The van der Waals surface area contributed by atoms with E-state index in [-0.39, 0.29) is 0 Å². The van der Waals surface area contributed by atoms with Crippen LogP contribution in [-0.4, -0.2) is 65.9 Å². The van der Waals surface area contributed by atoms with Crippen LogP contribution in [0.3, 0.4) is 0 Å². The molecule has 152 valence electrons. The van der Waals surface area contributed by atoms with Crippen molar-refractivity contribution in [2.75, 3.05) is 43.9 Å². The SMILES string of the molecule is COc1cc(-c2[nH]c(N3CCN([SH](=O)=O)CC3)nc2-c2ccncc2)cnc1N. The van der Waals surface area contributed by atoms with Crippen molar-refractivity contribution in [2.45, 2.75) is 0 Å². The fraction of sp³-hybridized carbons (Fsp3) is 0.278. The van der Waals surface area contributed by atoms with Gasteiger partial charge in [0.1, 0.15) is 0 Å². The minimum absolute atomic E-state index is 0.310. The summed E-state index contributed by atoms with van der Waals surface area (Å²) in [6.07, 6.45) is 5.08. The number of rotatable bonds is 5. The molecule has 0 bridgehead atoms. The Hall–Kier alpha value is -3.18. The molecular formula is C18H21N7O3S. The smallest absolute Gasteiger partial charge is 0.204 e. The maximum Gasteiger partial charge on any atom is 0.204 e. The molecule has 1 aliphatic rings. The van der Waals surface area contributed by atoms with Crippen molar-refractivity contribution in [1.82, 2.24) is 24.2 Å². The van der Waals surface area contributed by atoms with E-state index in [4.69, 9.17) is 15.5 Å². The van der Waals surface area contributed by atoms with Gasteiger partial charge in [0, 0.05) is 55.9 Å². The van der Waals surface area contributed by atoms with E-state index in [1.807, 2.05) is 23.1 Å². The van der Waals surface area contributed by atoms with E-state index in [1.165, 1.54) is 4.31 Å². The highest BCUT2D eigenvalue weighted by atomic mass is 32.2. The molecule has 3 aromatic heterocycles.